The van der Waals surface area contributed by atoms with E-state index in [4.69, 9.17) is 4.74 Å². The molecule has 5 rings (SSSR count). The van der Waals surface area contributed by atoms with Crippen LogP contribution in [0.1, 0.15) is 52.7 Å². The van der Waals surface area contributed by atoms with E-state index >= 15 is 0 Å². The van der Waals surface area contributed by atoms with Crippen molar-refractivity contribution in [3.8, 4) is 22.9 Å². The number of β-amino-alcohol motifs (C(OH)–C–C–N with tert-alkyl or cyclic N) is 1. The first-order chi connectivity index (χ1) is 21.7. The number of nitrogens with zero attached hydrogens (tertiary/aromatic N) is 2. The number of aromatic amines is 1. The Hall–Kier alpha value is -4.83. The van der Waals surface area contributed by atoms with Crippen LogP contribution in [-0.4, -0.2) is 63.3 Å². The van der Waals surface area contributed by atoms with Crippen molar-refractivity contribution in [1.82, 2.24) is 20.2 Å². The third-order valence-corrected chi connectivity index (χ3v) is 7.70. The summed E-state index contributed by atoms with van der Waals surface area (Å²) in [6.07, 6.45) is 5.36. The van der Waals surface area contributed by atoms with Crippen LogP contribution in [0, 0.1) is 12.7 Å². The number of likely N-dealkylation sites (tertiary alicyclic amines) is 1. The van der Waals surface area contributed by atoms with Crippen LogP contribution in [0.15, 0.2) is 73.1 Å². The molecular weight excluding hydrogens is 575 g/mol. The molecule has 234 valence electrons. The van der Waals surface area contributed by atoms with Crippen molar-refractivity contribution in [2.75, 3.05) is 19.6 Å². The van der Waals surface area contributed by atoms with Crippen molar-refractivity contribution in [2.45, 2.75) is 51.6 Å². The highest BCUT2D eigenvalue weighted by molar-refractivity contribution is 5.95. The largest absolute Gasteiger partial charge is 0.457 e. The Balaban J connectivity index is 1.10. The number of Topliss-reactive ketones (excluding diaryl/α,β-unsaturated/α-hetero) is 1. The Labute approximate surface area is 261 Å². The normalized spacial score (nSPS) is 14.6. The van der Waals surface area contributed by atoms with Gasteiger partial charge in [0.05, 0.1) is 23.1 Å². The van der Waals surface area contributed by atoms with E-state index in [9.17, 15) is 23.9 Å². The zero-order valence-electron chi connectivity index (χ0n) is 25.2. The summed E-state index contributed by atoms with van der Waals surface area (Å²) < 4.78 is 20.0. The number of ether oxygens (including phenoxy) is 1. The number of carbonyl (C=O) groups excluding carboxylic acids is 3. The highest BCUT2D eigenvalue weighted by atomic mass is 19.1. The Morgan fingerprint density at radius 3 is 2.69 bits per heavy atom. The van der Waals surface area contributed by atoms with E-state index in [1.807, 2.05) is 19.1 Å². The fourth-order valence-electron chi connectivity index (χ4n) is 5.33. The quantitative estimate of drug-likeness (QED) is 0.190. The maximum atomic E-state index is 14.0. The molecular formula is C35H37FN4O5. The van der Waals surface area contributed by atoms with Gasteiger partial charge in [-0.2, -0.15) is 0 Å². The number of carbonyl (C=O) groups is 3. The number of aryl methyl sites for hydroxylation is 1. The lowest BCUT2D eigenvalue weighted by molar-refractivity contribution is -0.134. The van der Waals surface area contributed by atoms with Gasteiger partial charge in [0.25, 0.3) is 5.91 Å². The minimum absolute atomic E-state index is 0.00199. The molecule has 1 unspecified atom stereocenters. The van der Waals surface area contributed by atoms with Crippen molar-refractivity contribution >= 4 is 17.6 Å². The van der Waals surface area contributed by atoms with Crippen LogP contribution in [0.2, 0.25) is 0 Å². The van der Waals surface area contributed by atoms with Crippen LogP contribution >= 0.6 is 0 Å². The zero-order valence-corrected chi connectivity index (χ0v) is 25.2. The van der Waals surface area contributed by atoms with Crippen LogP contribution < -0.4 is 10.1 Å². The number of benzene rings is 2. The fraction of sp³-hybridized carbons (Fsp3) is 0.314. The number of aliphatic hydroxyl groups excluding tert-OH is 1. The molecule has 10 heteroatoms. The van der Waals surface area contributed by atoms with E-state index < -0.39 is 6.10 Å². The van der Waals surface area contributed by atoms with Crippen molar-refractivity contribution < 1.29 is 28.6 Å². The van der Waals surface area contributed by atoms with Gasteiger partial charge in [-0.25, -0.2) is 4.39 Å². The molecule has 0 spiro atoms. The number of piperidine rings is 1. The predicted molar refractivity (Wildman–Crippen MR) is 167 cm³/mol. The lowest BCUT2D eigenvalue weighted by Gasteiger charge is -2.30. The van der Waals surface area contributed by atoms with Gasteiger partial charge in [0, 0.05) is 57.4 Å². The number of rotatable bonds is 12. The predicted octanol–water partition coefficient (Wildman–Crippen LogP) is 5.16. The molecule has 1 fully saturated rings. The monoisotopic (exact) mass is 612 g/mol. The van der Waals surface area contributed by atoms with Crippen LogP contribution in [0.25, 0.3) is 11.4 Å². The molecule has 1 aliphatic rings. The Morgan fingerprint density at radius 2 is 1.89 bits per heavy atom. The molecule has 3 N–H and O–H groups in total. The van der Waals surface area contributed by atoms with Crippen LogP contribution in [0.4, 0.5) is 4.39 Å². The molecule has 0 saturated carbocycles. The van der Waals surface area contributed by atoms with Crippen molar-refractivity contribution in [2.24, 2.45) is 0 Å². The first kappa shape index (κ1) is 31.6. The maximum absolute atomic E-state index is 14.0. The molecule has 2 aromatic heterocycles. The zero-order chi connectivity index (χ0) is 31.8. The molecule has 3 heterocycles. The maximum Gasteiger partial charge on any atom is 0.252 e. The van der Waals surface area contributed by atoms with Crippen LogP contribution in [-0.2, 0) is 22.4 Å². The number of nitrogens with one attached hydrogen (secondary N) is 2. The molecule has 9 nitrogen and oxygen atoms in total. The number of amides is 2. The molecule has 0 aliphatic carbocycles. The first-order valence-corrected chi connectivity index (χ1v) is 15.2. The number of ketones is 1. The summed E-state index contributed by atoms with van der Waals surface area (Å²) in [5, 5.41) is 12.6. The van der Waals surface area contributed by atoms with Gasteiger partial charge in [-0.05, 0) is 67.6 Å². The fourth-order valence-corrected chi connectivity index (χ4v) is 5.33. The Bertz CT molecular complexity index is 1650. The molecule has 1 saturated heterocycles. The van der Waals surface area contributed by atoms with Gasteiger partial charge >= 0.3 is 0 Å². The van der Waals surface area contributed by atoms with Gasteiger partial charge in [0.1, 0.15) is 23.1 Å². The number of pyridine rings is 1. The molecule has 4 aromatic rings. The van der Waals surface area contributed by atoms with E-state index in [-0.39, 0.29) is 36.3 Å². The van der Waals surface area contributed by atoms with Crippen molar-refractivity contribution in [3.05, 3.63) is 101 Å². The summed E-state index contributed by atoms with van der Waals surface area (Å²) >= 11 is 0. The van der Waals surface area contributed by atoms with Gasteiger partial charge < -0.3 is 25.0 Å². The van der Waals surface area contributed by atoms with E-state index in [2.05, 4.69) is 15.3 Å². The summed E-state index contributed by atoms with van der Waals surface area (Å²) in [4.78, 5) is 46.7. The highest BCUT2D eigenvalue weighted by Gasteiger charge is 2.21. The summed E-state index contributed by atoms with van der Waals surface area (Å²) in [5.74, 6) is 0.422. The van der Waals surface area contributed by atoms with Crippen LogP contribution in [0.3, 0.4) is 0 Å². The lowest BCUT2D eigenvalue weighted by Crippen LogP contribution is -2.42. The Morgan fingerprint density at radius 1 is 1.07 bits per heavy atom. The van der Waals surface area contributed by atoms with Gasteiger partial charge in [-0.3, -0.25) is 19.4 Å². The Kier molecular flexibility index (Phi) is 10.4. The third-order valence-electron chi connectivity index (χ3n) is 7.70. The van der Waals surface area contributed by atoms with E-state index in [0.717, 1.165) is 24.0 Å². The molecule has 1 atom stereocenters. The second-order valence-corrected chi connectivity index (χ2v) is 11.4. The lowest BCUT2D eigenvalue weighted by atomic mass is 10.0. The van der Waals surface area contributed by atoms with E-state index in [0.29, 0.717) is 66.5 Å². The molecule has 1 aliphatic heterocycles. The van der Waals surface area contributed by atoms with Gasteiger partial charge in [0.15, 0.2) is 0 Å². The summed E-state index contributed by atoms with van der Waals surface area (Å²) in [6.45, 7) is 3.28. The molecule has 45 heavy (non-hydrogen) atoms. The number of aliphatic hydroxyl groups is 1. The number of H-pyrrole nitrogens is 1. The van der Waals surface area contributed by atoms with E-state index in [1.165, 1.54) is 6.07 Å². The molecule has 0 radical (unpaired) electrons. The van der Waals surface area contributed by atoms with E-state index in [1.54, 1.807) is 59.8 Å². The van der Waals surface area contributed by atoms with Crippen molar-refractivity contribution in [3.63, 3.8) is 0 Å². The minimum atomic E-state index is -0.452. The summed E-state index contributed by atoms with van der Waals surface area (Å²) in [5.41, 5.74) is 3.80. The first-order valence-electron chi connectivity index (χ1n) is 15.2. The standard InChI is InChI=1S/C35H37FN4O5/c1-23-6-11-31(36)25(16-23)18-28(42)17-24-7-9-29(10-8-24)45-30-12-14-37-33(20-30)32-19-26(21-39-32)35(44)38-13-2-5-34(43)40-15-3-4-27(41)22-40/h6-12,14,16,19-21,27,39,41H,2-5,13,15,17-18,22H2,1H3,(H,38,44). The molecule has 2 amide bonds. The third kappa shape index (κ3) is 8.86. The molecule has 2 aromatic carbocycles. The second kappa shape index (κ2) is 14.8. The topological polar surface area (TPSA) is 125 Å². The van der Waals surface area contributed by atoms with Gasteiger partial charge in [-0.15, -0.1) is 0 Å². The summed E-state index contributed by atoms with van der Waals surface area (Å²) in [6, 6.07) is 17.1. The highest BCUT2D eigenvalue weighted by Crippen LogP contribution is 2.26. The molecule has 0 bridgehead atoms. The smallest absolute Gasteiger partial charge is 0.252 e. The minimum Gasteiger partial charge on any atom is -0.457 e. The second-order valence-electron chi connectivity index (χ2n) is 11.4. The van der Waals surface area contributed by atoms with Crippen molar-refractivity contribution in [1.29, 1.82) is 0 Å². The average Bonchev–Trinajstić information content (AvgIpc) is 3.53. The van der Waals surface area contributed by atoms with Gasteiger partial charge in [0.2, 0.25) is 5.91 Å². The number of aromatic nitrogens is 2. The number of hydrogen-bond acceptors (Lipinski definition) is 6. The average molecular weight is 613 g/mol. The summed E-state index contributed by atoms with van der Waals surface area (Å²) in [7, 11) is 0. The van der Waals surface area contributed by atoms with Crippen LogP contribution in [0.5, 0.6) is 11.5 Å². The van der Waals surface area contributed by atoms with Gasteiger partial charge in [-0.1, -0.05) is 29.8 Å². The number of halogens is 1. The number of hydrogen-bond donors (Lipinski definition) is 3. The SMILES string of the molecule is Cc1ccc(F)c(CC(=O)Cc2ccc(Oc3ccnc(-c4cc(C(=O)NCCCC(=O)N5CCCC(O)C5)c[nH]4)c3)cc2)c1.